The summed E-state index contributed by atoms with van der Waals surface area (Å²) in [5.74, 6) is -0.911. The van der Waals surface area contributed by atoms with Crippen molar-refractivity contribution < 1.29 is 13.9 Å². The second kappa shape index (κ2) is 5.14. The molecule has 0 N–H and O–H groups in total. The first-order chi connectivity index (χ1) is 8.63. The molecule has 1 heterocycles. The zero-order chi connectivity index (χ0) is 13.1. The number of rotatable bonds is 3. The molecule has 0 fully saturated rings. The number of ether oxygens (including phenoxy) is 1. The van der Waals surface area contributed by atoms with Crippen molar-refractivity contribution in [2.24, 2.45) is 0 Å². The van der Waals surface area contributed by atoms with E-state index in [-0.39, 0.29) is 16.3 Å². The van der Waals surface area contributed by atoms with Gasteiger partial charge in [0.1, 0.15) is 11.6 Å². The molecule has 0 saturated carbocycles. The molecule has 2 aromatic rings. The van der Waals surface area contributed by atoms with Gasteiger partial charge >= 0.3 is 0 Å². The van der Waals surface area contributed by atoms with Crippen molar-refractivity contribution >= 4 is 17.4 Å². The summed E-state index contributed by atoms with van der Waals surface area (Å²) in [6, 6.07) is 7.01. The fourth-order valence-electron chi connectivity index (χ4n) is 1.52. The molecule has 0 atom stereocenters. The van der Waals surface area contributed by atoms with Gasteiger partial charge in [0.2, 0.25) is 5.78 Å². The van der Waals surface area contributed by atoms with Gasteiger partial charge in [-0.05, 0) is 30.3 Å². The maximum absolute atomic E-state index is 13.6. The van der Waals surface area contributed by atoms with Crippen LogP contribution in [0.25, 0.3) is 0 Å². The number of carbonyl (C=O) groups is 1. The standard InChI is InChI=1S/C13H9ClFNO2/c1-18-11-3-2-6-16-12(11)13(17)9-7-8(14)4-5-10(9)15/h2-7H,1H3. The number of hydrogen-bond donors (Lipinski definition) is 0. The van der Waals surface area contributed by atoms with Gasteiger partial charge in [0.15, 0.2) is 5.69 Å². The van der Waals surface area contributed by atoms with Gasteiger partial charge in [-0.15, -0.1) is 0 Å². The fourth-order valence-corrected chi connectivity index (χ4v) is 1.70. The number of pyridine rings is 1. The van der Waals surface area contributed by atoms with Gasteiger partial charge in [0.05, 0.1) is 12.7 Å². The van der Waals surface area contributed by atoms with Crippen molar-refractivity contribution in [3.8, 4) is 5.75 Å². The van der Waals surface area contributed by atoms with Crippen molar-refractivity contribution in [3.63, 3.8) is 0 Å². The van der Waals surface area contributed by atoms with Crippen molar-refractivity contribution in [2.45, 2.75) is 0 Å². The van der Waals surface area contributed by atoms with Gasteiger partial charge in [-0.1, -0.05) is 11.6 Å². The fraction of sp³-hybridized carbons (Fsp3) is 0.0769. The smallest absolute Gasteiger partial charge is 0.218 e. The van der Waals surface area contributed by atoms with E-state index in [1.54, 1.807) is 12.1 Å². The van der Waals surface area contributed by atoms with E-state index in [2.05, 4.69) is 4.98 Å². The molecule has 0 aliphatic rings. The number of halogens is 2. The predicted octanol–water partition coefficient (Wildman–Crippen LogP) is 3.11. The van der Waals surface area contributed by atoms with Gasteiger partial charge < -0.3 is 4.74 Å². The highest BCUT2D eigenvalue weighted by Crippen LogP contribution is 2.22. The van der Waals surface area contributed by atoms with E-state index >= 15 is 0 Å². The average molecular weight is 266 g/mol. The van der Waals surface area contributed by atoms with Gasteiger partial charge in [-0.2, -0.15) is 0 Å². The summed E-state index contributed by atoms with van der Waals surface area (Å²) in [5.41, 5.74) is -0.0688. The lowest BCUT2D eigenvalue weighted by Crippen LogP contribution is -2.08. The second-order valence-corrected chi connectivity index (χ2v) is 3.94. The number of methoxy groups -OCH3 is 1. The van der Waals surface area contributed by atoms with E-state index in [1.165, 1.54) is 25.4 Å². The largest absolute Gasteiger partial charge is 0.494 e. The molecule has 92 valence electrons. The molecule has 0 radical (unpaired) electrons. The summed E-state index contributed by atoms with van der Waals surface area (Å²) >= 11 is 5.75. The Hall–Kier alpha value is -1.94. The molecule has 5 heteroatoms. The molecule has 0 unspecified atom stereocenters. The third-order valence-corrected chi connectivity index (χ3v) is 2.61. The normalized spacial score (nSPS) is 10.2. The highest BCUT2D eigenvalue weighted by molar-refractivity contribution is 6.31. The highest BCUT2D eigenvalue weighted by atomic mass is 35.5. The van der Waals surface area contributed by atoms with Gasteiger partial charge in [-0.25, -0.2) is 9.37 Å². The van der Waals surface area contributed by atoms with Gasteiger partial charge in [-0.3, -0.25) is 4.79 Å². The van der Waals surface area contributed by atoms with Crippen molar-refractivity contribution in [3.05, 3.63) is 58.6 Å². The van der Waals surface area contributed by atoms with Crippen molar-refractivity contribution in [2.75, 3.05) is 7.11 Å². The Morgan fingerprint density at radius 2 is 2.17 bits per heavy atom. The first-order valence-corrected chi connectivity index (χ1v) is 5.50. The second-order valence-electron chi connectivity index (χ2n) is 3.51. The zero-order valence-corrected chi connectivity index (χ0v) is 10.2. The van der Waals surface area contributed by atoms with E-state index in [9.17, 15) is 9.18 Å². The number of carbonyl (C=O) groups excluding carboxylic acids is 1. The average Bonchev–Trinajstić information content (AvgIpc) is 2.40. The van der Waals surface area contributed by atoms with Gasteiger partial charge in [0.25, 0.3) is 0 Å². The van der Waals surface area contributed by atoms with Crippen molar-refractivity contribution in [1.29, 1.82) is 0 Å². The first-order valence-electron chi connectivity index (χ1n) is 5.12. The van der Waals surface area contributed by atoms with Crippen molar-refractivity contribution in [1.82, 2.24) is 4.98 Å². The zero-order valence-electron chi connectivity index (χ0n) is 9.48. The molecular formula is C13H9ClFNO2. The van der Waals surface area contributed by atoms with E-state index in [0.29, 0.717) is 5.75 Å². The summed E-state index contributed by atoms with van der Waals surface area (Å²) in [6.07, 6.45) is 1.44. The summed E-state index contributed by atoms with van der Waals surface area (Å²) < 4.78 is 18.6. The Bertz CT molecular complexity index is 601. The van der Waals surface area contributed by atoms with Crippen LogP contribution in [0.15, 0.2) is 36.5 Å². The SMILES string of the molecule is COc1cccnc1C(=O)c1cc(Cl)ccc1F. The Kier molecular flexibility index (Phi) is 3.58. The molecule has 2 rings (SSSR count). The molecule has 3 nitrogen and oxygen atoms in total. The first kappa shape index (κ1) is 12.5. The van der Waals surface area contributed by atoms with Crippen LogP contribution in [0.3, 0.4) is 0 Å². The van der Waals surface area contributed by atoms with E-state index < -0.39 is 11.6 Å². The number of benzene rings is 1. The lowest BCUT2D eigenvalue weighted by atomic mass is 10.1. The summed E-state index contributed by atoms with van der Waals surface area (Å²) in [6.45, 7) is 0. The molecular weight excluding hydrogens is 257 g/mol. The molecule has 0 spiro atoms. The minimum atomic E-state index is -0.642. The Balaban J connectivity index is 2.51. The van der Waals surface area contributed by atoms with E-state index in [1.807, 2.05) is 0 Å². The maximum atomic E-state index is 13.6. The Morgan fingerprint density at radius 3 is 2.89 bits per heavy atom. The predicted molar refractivity (Wildman–Crippen MR) is 65.6 cm³/mol. The monoisotopic (exact) mass is 265 g/mol. The molecule has 18 heavy (non-hydrogen) atoms. The van der Waals surface area contributed by atoms with Crippen LogP contribution in [0, 0.1) is 5.82 Å². The quantitative estimate of drug-likeness (QED) is 0.801. The Morgan fingerprint density at radius 1 is 1.39 bits per heavy atom. The minimum absolute atomic E-state index is 0.0566. The lowest BCUT2D eigenvalue weighted by Gasteiger charge is -2.07. The highest BCUT2D eigenvalue weighted by Gasteiger charge is 2.19. The summed E-state index contributed by atoms with van der Waals surface area (Å²) in [5, 5.41) is 0.287. The molecule has 1 aromatic heterocycles. The molecule has 0 saturated heterocycles. The van der Waals surface area contributed by atoms with Crippen LogP contribution in [0.2, 0.25) is 5.02 Å². The third kappa shape index (κ3) is 2.33. The number of hydrogen-bond acceptors (Lipinski definition) is 3. The van der Waals surface area contributed by atoms with Crippen LogP contribution in [0.1, 0.15) is 16.1 Å². The molecule has 1 aromatic carbocycles. The molecule has 0 aliphatic heterocycles. The minimum Gasteiger partial charge on any atom is -0.494 e. The Labute approximate surface area is 108 Å². The lowest BCUT2D eigenvalue weighted by molar-refractivity contribution is 0.102. The molecule has 0 bridgehead atoms. The molecule has 0 aliphatic carbocycles. The third-order valence-electron chi connectivity index (χ3n) is 2.38. The van der Waals surface area contributed by atoms with E-state index in [0.717, 1.165) is 6.07 Å². The maximum Gasteiger partial charge on any atom is 0.218 e. The number of aromatic nitrogens is 1. The topological polar surface area (TPSA) is 39.2 Å². The van der Waals surface area contributed by atoms with Crippen LogP contribution >= 0.6 is 11.6 Å². The van der Waals surface area contributed by atoms with Crippen LogP contribution in [0.4, 0.5) is 4.39 Å². The summed E-state index contributed by atoms with van der Waals surface area (Å²) in [7, 11) is 1.42. The van der Waals surface area contributed by atoms with E-state index in [4.69, 9.17) is 16.3 Å². The van der Waals surface area contributed by atoms with Crippen LogP contribution < -0.4 is 4.74 Å². The molecule has 0 amide bonds. The van der Waals surface area contributed by atoms with Crippen LogP contribution in [-0.4, -0.2) is 17.9 Å². The number of ketones is 1. The summed E-state index contributed by atoms with van der Waals surface area (Å²) in [4.78, 5) is 16.1. The van der Waals surface area contributed by atoms with Crippen LogP contribution in [-0.2, 0) is 0 Å². The number of nitrogens with zero attached hydrogens (tertiary/aromatic N) is 1. The van der Waals surface area contributed by atoms with Gasteiger partial charge in [0, 0.05) is 11.2 Å². The van der Waals surface area contributed by atoms with Crippen LogP contribution in [0.5, 0.6) is 5.75 Å².